The van der Waals surface area contributed by atoms with Gasteiger partial charge < -0.3 is 10.1 Å². The maximum absolute atomic E-state index is 12.3. The molecule has 3 atom stereocenters. The van der Waals surface area contributed by atoms with E-state index in [2.05, 4.69) is 10.0 Å². The Hall–Kier alpha value is -0.950. The van der Waals surface area contributed by atoms with Crippen LogP contribution in [0.3, 0.4) is 0 Å². The predicted molar refractivity (Wildman–Crippen MR) is 78.1 cm³/mol. The Bertz CT molecular complexity index is 542. The van der Waals surface area contributed by atoms with Gasteiger partial charge >= 0.3 is 0 Å². The number of rotatable bonds is 5. The van der Waals surface area contributed by atoms with Crippen LogP contribution in [0.2, 0.25) is 0 Å². The van der Waals surface area contributed by atoms with Crippen LogP contribution in [0, 0.1) is 0 Å². The van der Waals surface area contributed by atoms with Crippen LogP contribution in [0.25, 0.3) is 0 Å². The van der Waals surface area contributed by atoms with Gasteiger partial charge in [0.15, 0.2) is 0 Å². The van der Waals surface area contributed by atoms with Crippen LogP contribution in [0.5, 0.6) is 0 Å². The predicted octanol–water partition coefficient (Wildman–Crippen LogP) is 1.42. The molecule has 1 aliphatic rings. The average Bonchev–Trinajstić information content (AvgIpc) is 2.83. The van der Waals surface area contributed by atoms with E-state index in [9.17, 15) is 8.42 Å². The number of ether oxygens (including phenoxy) is 1. The molecule has 0 aromatic heterocycles. The fourth-order valence-corrected chi connectivity index (χ4v) is 3.59. The standard InChI is InChI=1S/C14H22N2O3S/c1-10(15-3)12-4-6-13(7-5-12)20(17,18)16-14-8-9-19-11(14)2/h4-7,10-11,14-16H,8-9H2,1-3H3. The second-order valence-corrected chi connectivity index (χ2v) is 6.89. The molecule has 1 saturated heterocycles. The Labute approximate surface area is 120 Å². The van der Waals surface area contributed by atoms with E-state index < -0.39 is 10.0 Å². The van der Waals surface area contributed by atoms with Gasteiger partial charge in [0.05, 0.1) is 17.0 Å². The van der Waals surface area contributed by atoms with Crippen molar-refractivity contribution in [2.45, 2.75) is 43.4 Å². The van der Waals surface area contributed by atoms with Crippen molar-refractivity contribution in [3.05, 3.63) is 29.8 Å². The molecule has 5 nitrogen and oxygen atoms in total. The number of hydrogen-bond donors (Lipinski definition) is 2. The maximum Gasteiger partial charge on any atom is 0.240 e. The minimum atomic E-state index is -3.48. The van der Waals surface area contributed by atoms with Crippen LogP contribution < -0.4 is 10.0 Å². The van der Waals surface area contributed by atoms with Crippen LogP contribution in [-0.4, -0.2) is 34.2 Å². The van der Waals surface area contributed by atoms with Crippen LogP contribution in [-0.2, 0) is 14.8 Å². The molecule has 0 radical (unpaired) electrons. The highest BCUT2D eigenvalue weighted by Crippen LogP contribution is 2.19. The van der Waals surface area contributed by atoms with Gasteiger partial charge in [-0.1, -0.05) is 12.1 Å². The molecule has 0 bridgehead atoms. The zero-order valence-electron chi connectivity index (χ0n) is 12.1. The fraction of sp³-hybridized carbons (Fsp3) is 0.571. The Morgan fingerprint density at radius 1 is 1.30 bits per heavy atom. The minimum absolute atomic E-state index is 0.0756. The summed E-state index contributed by atoms with van der Waals surface area (Å²) < 4.78 is 32.7. The van der Waals surface area contributed by atoms with Gasteiger partial charge in [0.1, 0.15) is 0 Å². The summed E-state index contributed by atoms with van der Waals surface area (Å²) in [5.74, 6) is 0. The van der Waals surface area contributed by atoms with Gasteiger partial charge in [0.25, 0.3) is 0 Å². The second kappa shape index (κ2) is 6.22. The molecule has 112 valence electrons. The Morgan fingerprint density at radius 3 is 2.45 bits per heavy atom. The first kappa shape index (κ1) is 15.4. The van der Waals surface area contributed by atoms with E-state index in [1.165, 1.54) is 0 Å². The summed E-state index contributed by atoms with van der Waals surface area (Å²) in [6, 6.07) is 7.02. The zero-order chi connectivity index (χ0) is 14.8. The largest absolute Gasteiger partial charge is 0.377 e. The summed E-state index contributed by atoms with van der Waals surface area (Å²) in [4.78, 5) is 0.295. The molecule has 6 heteroatoms. The van der Waals surface area contributed by atoms with Crippen molar-refractivity contribution >= 4 is 10.0 Å². The first-order chi connectivity index (χ1) is 9.44. The third kappa shape index (κ3) is 3.38. The lowest BCUT2D eigenvalue weighted by Crippen LogP contribution is -2.39. The van der Waals surface area contributed by atoms with Gasteiger partial charge in [-0.3, -0.25) is 0 Å². The van der Waals surface area contributed by atoms with Crippen molar-refractivity contribution in [2.24, 2.45) is 0 Å². The smallest absolute Gasteiger partial charge is 0.240 e. The number of nitrogens with one attached hydrogen (secondary N) is 2. The van der Waals surface area contributed by atoms with E-state index in [-0.39, 0.29) is 18.2 Å². The summed E-state index contributed by atoms with van der Waals surface area (Å²) >= 11 is 0. The van der Waals surface area contributed by atoms with Crippen molar-refractivity contribution in [2.75, 3.05) is 13.7 Å². The normalized spacial score (nSPS) is 24.8. The van der Waals surface area contributed by atoms with E-state index in [0.29, 0.717) is 11.5 Å². The van der Waals surface area contributed by atoms with E-state index in [1.807, 2.05) is 33.0 Å². The molecule has 1 aliphatic heterocycles. The summed E-state index contributed by atoms with van der Waals surface area (Å²) in [7, 11) is -1.60. The molecular formula is C14H22N2O3S. The molecule has 1 aromatic carbocycles. The molecule has 0 spiro atoms. The highest BCUT2D eigenvalue weighted by atomic mass is 32.2. The van der Waals surface area contributed by atoms with Crippen LogP contribution in [0.1, 0.15) is 31.9 Å². The summed E-state index contributed by atoms with van der Waals surface area (Å²) in [5, 5.41) is 3.12. The molecule has 1 aromatic rings. The lowest BCUT2D eigenvalue weighted by atomic mass is 10.1. The Balaban J connectivity index is 2.13. The molecule has 2 N–H and O–H groups in total. The highest BCUT2D eigenvalue weighted by Gasteiger charge is 2.29. The number of benzene rings is 1. The van der Waals surface area contributed by atoms with Gasteiger partial charge in [-0.25, -0.2) is 13.1 Å². The molecule has 0 saturated carbocycles. The quantitative estimate of drug-likeness (QED) is 0.863. The highest BCUT2D eigenvalue weighted by molar-refractivity contribution is 7.89. The maximum atomic E-state index is 12.3. The van der Waals surface area contributed by atoms with Crippen molar-refractivity contribution < 1.29 is 13.2 Å². The summed E-state index contributed by atoms with van der Waals surface area (Å²) in [6.07, 6.45) is 0.642. The molecule has 2 rings (SSSR count). The van der Waals surface area contributed by atoms with Gasteiger partial charge in [-0.15, -0.1) is 0 Å². The molecule has 20 heavy (non-hydrogen) atoms. The first-order valence-corrected chi connectivity index (χ1v) is 8.33. The minimum Gasteiger partial charge on any atom is -0.377 e. The monoisotopic (exact) mass is 298 g/mol. The number of sulfonamides is 1. The second-order valence-electron chi connectivity index (χ2n) is 5.17. The average molecular weight is 298 g/mol. The van der Waals surface area contributed by atoms with E-state index >= 15 is 0 Å². The zero-order valence-corrected chi connectivity index (χ0v) is 12.9. The van der Waals surface area contributed by atoms with Crippen LogP contribution in [0.15, 0.2) is 29.2 Å². The summed E-state index contributed by atoms with van der Waals surface area (Å²) in [5.41, 5.74) is 1.06. The van der Waals surface area contributed by atoms with Crippen molar-refractivity contribution in [1.29, 1.82) is 0 Å². The van der Waals surface area contributed by atoms with Crippen LogP contribution >= 0.6 is 0 Å². The summed E-state index contributed by atoms with van der Waals surface area (Å²) in [6.45, 7) is 4.52. The van der Waals surface area contributed by atoms with E-state index in [0.717, 1.165) is 12.0 Å². The van der Waals surface area contributed by atoms with Crippen LogP contribution in [0.4, 0.5) is 0 Å². The molecule has 1 fully saturated rings. The Morgan fingerprint density at radius 2 is 1.95 bits per heavy atom. The van der Waals surface area contributed by atoms with Crippen molar-refractivity contribution in [3.63, 3.8) is 0 Å². The van der Waals surface area contributed by atoms with Gasteiger partial charge in [-0.05, 0) is 45.0 Å². The molecular weight excluding hydrogens is 276 g/mol. The van der Waals surface area contributed by atoms with Gasteiger partial charge in [-0.2, -0.15) is 0 Å². The first-order valence-electron chi connectivity index (χ1n) is 6.85. The van der Waals surface area contributed by atoms with Crippen molar-refractivity contribution in [3.8, 4) is 0 Å². The molecule has 3 unspecified atom stereocenters. The lowest BCUT2D eigenvalue weighted by molar-refractivity contribution is 0.117. The van der Waals surface area contributed by atoms with E-state index in [1.54, 1.807) is 12.1 Å². The molecule has 0 aliphatic carbocycles. The lowest BCUT2D eigenvalue weighted by Gasteiger charge is -2.17. The van der Waals surface area contributed by atoms with Gasteiger partial charge in [0, 0.05) is 12.6 Å². The van der Waals surface area contributed by atoms with E-state index in [4.69, 9.17) is 4.74 Å². The van der Waals surface area contributed by atoms with Crippen molar-refractivity contribution in [1.82, 2.24) is 10.0 Å². The molecule has 0 amide bonds. The SMILES string of the molecule is CNC(C)c1ccc(S(=O)(=O)NC2CCOC2C)cc1. The topological polar surface area (TPSA) is 67.4 Å². The van der Waals surface area contributed by atoms with Gasteiger partial charge in [0.2, 0.25) is 10.0 Å². The third-order valence-electron chi connectivity index (χ3n) is 3.81. The molecule has 1 heterocycles. The number of hydrogen-bond acceptors (Lipinski definition) is 4. The fourth-order valence-electron chi connectivity index (χ4n) is 2.26. The third-order valence-corrected chi connectivity index (χ3v) is 5.31. The Kier molecular flexibility index (Phi) is 4.80.